The summed E-state index contributed by atoms with van der Waals surface area (Å²) in [6.07, 6.45) is 0. The summed E-state index contributed by atoms with van der Waals surface area (Å²) < 4.78 is 5.68. The van der Waals surface area contributed by atoms with E-state index in [4.69, 9.17) is 4.74 Å². The predicted octanol–water partition coefficient (Wildman–Crippen LogP) is 4.46. The minimum Gasteiger partial charge on any atom is -0.487 e. The number of aryl methyl sites for hydroxylation is 1. The van der Waals surface area contributed by atoms with E-state index >= 15 is 0 Å². The first-order valence-corrected chi connectivity index (χ1v) is 7.34. The molecule has 0 saturated carbocycles. The fraction of sp³-hybridized carbons (Fsp3) is 0.312. The van der Waals surface area contributed by atoms with E-state index in [0.29, 0.717) is 18.3 Å². The van der Waals surface area contributed by atoms with E-state index in [0.717, 1.165) is 10.4 Å². The Kier molecular flexibility index (Phi) is 4.45. The fourth-order valence-electron chi connectivity index (χ4n) is 1.78. The summed E-state index contributed by atoms with van der Waals surface area (Å²) in [4.78, 5) is 12.6. The highest BCUT2D eigenvalue weighted by Crippen LogP contribution is 2.34. The molecule has 0 aliphatic heterocycles. The molecule has 0 aliphatic rings. The molecule has 0 bridgehead atoms. The quantitative estimate of drug-likeness (QED) is 0.884. The van der Waals surface area contributed by atoms with Gasteiger partial charge in [-0.05, 0) is 24.5 Å². The van der Waals surface area contributed by atoms with Gasteiger partial charge in [0.1, 0.15) is 12.4 Å². The lowest BCUT2D eigenvalue weighted by molar-refractivity contribution is 0.0697. The van der Waals surface area contributed by atoms with Crippen molar-refractivity contribution >= 4 is 17.3 Å². The second-order valence-corrected chi connectivity index (χ2v) is 6.16. The Bertz CT molecular complexity index is 597. The molecule has 0 saturated heterocycles. The van der Waals surface area contributed by atoms with Gasteiger partial charge in [0.2, 0.25) is 0 Å². The van der Waals surface area contributed by atoms with Crippen LogP contribution >= 0.6 is 11.3 Å². The first kappa shape index (κ1) is 14.6. The number of benzene rings is 1. The van der Waals surface area contributed by atoms with Crippen LogP contribution in [0, 0.1) is 6.92 Å². The van der Waals surface area contributed by atoms with Crippen LogP contribution in [-0.2, 0) is 6.61 Å². The number of ether oxygens (including phenoxy) is 1. The van der Waals surface area contributed by atoms with Gasteiger partial charge >= 0.3 is 5.97 Å². The zero-order chi connectivity index (χ0) is 14.7. The molecule has 106 valence electrons. The van der Waals surface area contributed by atoms with Gasteiger partial charge in [0, 0.05) is 4.88 Å². The van der Waals surface area contributed by atoms with Crippen molar-refractivity contribution in [1.29, 1.82) is 0 Å². The molecule has 0 atom stereocenters. The first-order chi connectivity index (χ1) is 9.47. The number of hydrogen-bond donors (Lipinski definition) is 1. The molecule has 0 radical (unpaired) electrons. The molecule has 1 aromatic carbocycles. The van der Waals surface area contributed by atoms with Crippen LogP contribution in [0.2, 0.25) is 0 Å². The van der Waals surface area contributed by atoms with Gasteiger partial charge in [-0.25, -0.2) is 4.79 Å². The van der Waals surface area contributed by atoms with Crippen molar-refractivity contribution in [3.63, 3.8) is 0 Å². The molecule has 2 aromatic rings. The average Bonchev–Trinajstić information content (AvgIpc) is 2.82. The zero-order valence-corrected chi connectivity index (χ0v) is 12.7. The maximum atomic E-state index is 11.2. The third kappa shape index (κ3) is 3.39. The standard InChI is InChI=1S/C16H18O3S/c1-10(2)14-8-13(15(20-14)16(17)18)19-9-12-6-4-11(3)5-7-12/h4-8,10H,9H2,1-3H3,(H,17,18). The Hall–Kier alpha value is -1.81. The van der Waals surface area contributed by atoms with E-state index < -0.39 is 5.97 Å². The molecule has 1 aromatic heterocycles. The molecule has 3 nitrogen and oxygen atoms in total. The molecule has 20 heavy (non-hydrogen) atoms. The number of thiophene rings is 1. The number of rotatable bonds is 5. The monoisotopic (exact) mass is 290 g/mol. The SMILES string of the molecule is Cc1ccc(COc2cc(C(C)C)sc2C(=O)O)cc1. The third-order valence-corrected chi connectivity index (χ3v) is 4.40. The maximum absolute atomic E-state index is 11.2. The average molecular weight is 290 g/mol. The van der Waals surface area contributed by atoms with Crippen LogP contribution in [0.5, 0.6) is 5.75 Å². The predicted molar refractivity (Wildman–Crippen MR) is 80.9 cm³/mol. The smallest absolute Gasteiger partial charge is 0.349 e. The Labute approximate surface area is 122 Å². The highest BCUT2D eigenvalue weighted by atomic mass is 32.1. The summed E-state index contributed by atoms with van der Waals surface area (Å²) in [6.45, 7) is 6.50. The molecule has 1 N–H and O–H groups in total. The molecule has 2 rings (SSSR count). The van der Waals surface area contributed by atoms with Crippen LogP contribution in [0.1, 0.15) is 45.4 Å². The Morgan fingerprint density at radius 3 is 2.50 bits per heavy atom. The van der Waals surface area contributed by atoms with Crippen LogP contribution in [0.25, 0.3) is 0 Å². The van der Waals surface area contributed by atoms with Crippen molar-refractivity contribution in [1.82, 2.24) is 0 Å². The largest absolute Gasteiger partial charge is 0.487 e. The van der Waals surface area contributed by atoms with Crippen LogP contribution in [0.4, 0.5) is 0 Å². The van der Waals surface area contributed by atoms with E-state index in [1.54, 1.807) is 0 Å². The summed E-state index contributed by atoms with van der Waals surface area (Å²) in [7, 11) is 0. The lowest BCUT2D eigenvalue weighted by Crippen LogP contribution is -2.00. The van der Waals surface area contributed by atoms with Crippen LogP contribution in [-0.4, -0.2) is 11.1 Å². The van der Waals surface area contributed by atoms with Gasteiger partial charge in [0.25, 0.3) is 0 Å². The number of hydrogen-bond acceptors (Lipinski definition) is 3. The Morgan fingerprint density at radius 2 is 1.95 bits per heavy atom. The van der Waals surface area contributed by atoms with Gasteiger partial charge < -0.3 is 9.84 Å². The summed E-state index contributed by atoms with van der Waals surface area (Å²) in [5, 5.41) is 9.22. The van der Waals surface area contributed by atoms with Gasteiger partial charge in [0.05, 0.1) is 0 Å². The second-order valence-electron chi connectivity index (χ2n) is 5.08. The number of carboxylic acids is 1. The number of carbonyl (C=O) groups is 1. The minimum absolute atomic E-state index is 0.279. The highest BCUT2D eigenvalue weighted by molar-refractivity contribution is 7.14. The maximum Gasteiger partial charge on any atom is 0.349 e. The van der Waals surface area contributed by atoms with Gasteiger partial charge in [-0.1, -0.05) is 43.7 Å². The van der Waals surface area contributed by atoms with E-state index in [1.807, 2.05) is 51.1 Å². The zero-order valence-electron chi connectivity index (χ0n) is 11.8. The summed E-state index contributed by atoms with van der Waals surface area (Å²) >= 11 is 1.29. The molecule has 0 unspecified atom stereocenters. The third-order valence-electron chi connectivity index (χ3n) is 3.00. The molecule has 0 amide bonds. The lowest BCUT2D eigenvalue weighted by atomic mass is 10.1. The molecule has 0 fully saturated rings. The van der Waals surface area contributed by atoms with Crippen molar-refractivity contribution in [3.8, 4) is 5.75 Å². The van der Waals surface area contributed by atoms with E-state index in [9.17, 15) is 9.90 Å². The normalized spacial score (nSPS) is 10.8. The van der Waals surface area contributed by atoms with Crippen molar-refractivity contribution in [2.45, 2.75) is 33.3 Å². The molecule has 1 heterocycles. The fourth-order valence-corrected chi connectivity index (χ4v) is 2.72. The van der Waals surface area contributed by atoms with Crippen LogP contribution in [0.3, 0.4) is 0 Å². The highest BCUT2D eigenvalue weighted by Gasteiger charge is 2.18. The first-order valence-electron chi connectivity index (χ1n) is 6.52. The van der Waals surface area contributed by atoms with E-state index in [1.165, 1.54) is 16.9 Å². The lowest BCUT2D eigenvalue weighted by Gasteiger charge is -2.05. The number of aromatic carboxylic acids is 1. The molecular formula is C16H18O3S. The molecule has 4 heteroatoms. The summed E-state index contributed by atoms with van der Waals surface area (Å²) in [5.41, 5.74) is 2.22. The minimum atomic E-state index is -0.930. The van der Waals surface area contributed by atoms with Crippen molar-refractivity contribution in [2.75, 3.05) is 0 Å². The van der Waals surface area contributed by atoms with Crippen LogP contribution < -0.4 is 4.74 Å². The molecular weight excluding hydrogens is 272 g/mol. The Balaban J connectivity index is 2.15. The van der Waals surface area contributed by atoms with Crippen molar-refractivity contribution in [3.05, 3.63) is 51.2 Å². The molecule has 0 spiro atoms. The summed E-state index contributed by atoms with van der Waals surface area (Å²) in [6, 6.07) is 9.86. The van der Waals surface area contributed by atoms with Gasteiger partial charge in [-0.2, -0.15) is 0 Å². The van der Waals surface area contributed by atoms with Gasteiger partial charge in [-0.15, -0.1) is 11.3 Å². The van der Waals surface area contributed by atoms with Gasteiger partial charge in [-0.3, -0.25) is 0 Å². The molecule has 0 aliphatic carbocycles. The second kappa shape index (κ2) is 6.09. The Morgan fingerprint density at radius 1 is 1.30 bits per heavy atom. The van der Waals surface area contributed by atoms with Crippen molar-refractivity contribution in [2.24, 2.45) is 0 Å². The summed E-state index contributed by atoms with van der Waals surface area (Å²) in [5.74, 6) is -0.164. The number of carboxylic acid groups (broad SMARTS) is 1. The van der Waals surface area contributed by atoms with E-state index in [-0.39, 0.29) is 4.88 Å². The van der Waals surface area contributed by atoms with Crippen molar-refractivity contribution < 1.29 is 14.6 Å². The van der Waals surface area contributed by atoms with E-state index in [2.05, 4.69) is 0 Å². The van der Waals surface area contributed by atoms with Crippen LogP contribution in [0.15, 0.2) is 30.3 Å². The topological polar surface area (TPSA) is 46.5 Å². The van der Waals surface area contributed by atoms with Gasteiger partial charge in [0.15, 0.2) is 4.88 Å².